The molecule has 0 saturated heterocycles. The molecule has 1 aliphatic rings. The molecular formula is C20H26Cl2SiZr-2. The Hall–Kier alpha value is -0.0100. The maximum atomic E-state index is 3.16. The molecule has 2 aromatic rings. The molecule has 1 aliphatic carbocycles. The molecule has 24 heavy (non-hydrogen) atoms. The van der Waals surface area contributed by atoms with Gasteiger partial charge in [-0.15, -0.1) is 36.1 Å². The summed E-state index contributed by atoms with van der Waals surface area (Å²) in [5, 5.41) is 2.66. The molecule has 0 spiro atoms. The molecule has 0 radical (unpaired) electrons. The van der Waals surface area contributed by atoms with Crippen LogP contribution in [-0.4, -0.2) is 5.43 Å². The van der Waals surface area contributed by atoms with Crippen molar-refractivity contribution in [3.63, 3.8) is 0 Å². The van der Waals surface area contributed by atoms with E-state index in [1.54, 1.807) is 23.3 Å². The van der Waals surface area contributed by atoms with Crippen LogP contribution in [0.1, 0.15) is 27.2 Å². The molecule has 0 unspecified atom stereocenters. The molecule has 0 atom stereocenters. The number of halogens is 2. The Balaban J connectivity index is 0. The second-order valence-corrected chi connectivity index (χ2v) is 16.0. The van der Waals surface area contributed by atoms with Gasteiger partial charge in [0.05, 0.1) is 0 Å². The van der Waals surface area contributed by atoms with Crippen LogP contribution in [0.15, 0.2) is 60.2 Å². The van der Waals surface area contributed by atoms with Crippen molar-refractivity contribution in [3.05, 3.63) is 66.3 Å². The van der Waals surface area contributed by atoms with Gasteiger partial charge in [0.25, 0.3) is 0 Å². The van der Waals surface area contributed by atoms with Gasteiger partial charge >= 0.3 is 41.9 Å². The van der Waals surface area contributed by atoms with E-state index in [1.807, 2.05) is 0 Å². The molecule has 3 rings (SSSR count). The summed E-state index contributed by atoms with van der Waals surface area (Å²) in [5.41, 5.74) is 1.95. The molecule has 0 aliphatic heterocycles. The molecule has 130 valence electrons. The summed E-state index contributed by atoms with van der Waals surface area (Å²) in [4.78, 5) is 0. The van der Waals surface area contributed by atoms with Gasteiger partial charge in [-0.05, 0) is 0 Å². The third kappa shape index (κ3) is 10.8. The fraction of sp³-hybridized carbons (Fsp3) is 0.350. The van der Waals surface area contributed by atoms with E-state index >= 15 is 0 Å². The minimum atomic E-state index is 0. The quantitative estimate of drug-likeness (QED) is 0.389. The molecule has 0 heterocycles. The van der Waals surface area contributed by atoms with Crippen LogP contribution < -0.4 is 24.8 Å². The fourth-order valence-electron chi connectivity index (χ4n) is 1.99. The number of hydrogen-bond donors (Lipinski definition) is 0. The number of allylic oxidation sites excluding steroid dienone is 4. The van der Waals surface area contributed by atoms with Gasteiger partial charge in [0.15, 0.2) is 0 Å². The van der Waals surface area contributed by atoms with E-state index in [4.69, 9.17) is 0 Å². The normalized spacial score (nSPS) is 11.9. The summed E-state index contributed by atoms with van der Waals surface area (Å²) in [6.45, 7) is 11.3. The van der Waals surface area contributed by atoms with Crippen LogP contribution in [0.3, 0.4) is 0 Å². The first-order valence-corrected chi connectivity index (χ1v) is 13.9. The van der Waals surface area contributed by atoms with Gasteiger partial charge in [-0.25, -0.2) is 6.08 Å². The van der Waals surface area contributed by atoms with E-state index in [0.717, 1.165) is 6.42 Å². The van der Waals surface area contributed by atoms with Crippen molar-refractivity contribution in [2.24, 2.45) is 5.41 Å². The zero-order valence-electron chi connectivity index (χ0n) is 15.2. The van der Waals surface area contributed by atoms with E-state index in [9.17, 15) is 0 Å². The second-order valence-electron chi connectivity index (χ2n) is 6.62. The molecule has 2 aromatic carbocycles. The summed E-state index contributed by atoms with van der Waals surface area (Å²) in [7, 11) is 0. The molecule has 0 nitrogen and oxygen atoms in total. The van der Waals surface area contributed by atoms with Crippen molar-refractivity contribution in [2.45, 2.75) is 40.3 Å². The van der Waals surface area contributed by atoms with Crippen LogP contribution in [0.25, 0.3) is 10.8 Å². The largest absolute Gasteiger partial charge is 1.00 e. The Bertz CT molecular complexity index is 629. The van der Waals surface area contributed by atoms with Gasteiger partial charge in [0, 0.05) is 0 Å². The summed E-state index contributed by atoms with van der Waals surface area (Å²) in [5.74, 6) is 0. The summed E-state index contributed by atoms with van der Waals surface area (Å²) in [6, 6.07) is 14.7. The molecular weight excluding hydrogens is 430 g/mol. The molecule has 0 saturated carbocycles. The number of fused-ring (bicyclic) bond motifs is 1. The third-order valence-corrected chi connectivity index (χ3v) is 3.11. The minimum Gasteiger partial charge on any atom is -1.00 e. The van der Waals surface area contributed by atoms with Crippen molar-refractivity contribution < 1.29 is 48.1 Å². The standard InChI is InChI=1S/C9H7.C9H13.C2H6Si.2ClH.Zr/c1-2-5-9-7-3-6-8(9)4-1;1-9(2,3)8-6-4-5-7-8;1-3-2;;;/h1-7H;6-7H,4H2,1-3H3;1-2H3;2*1H;/q2*-1;;;;+2/p-2. The Morgan fingerprint density at radius 3 is 2.08 bits per heavy atom. The number of rotatable bonds is 0. The van der Waals surface area contributed by atoms with Crippen LogP contribution in [0.5, 0.6) is 0 Å². The third-order valence-electron chi connectivity index (χ3n) is 3.11. The molecule has 0 bridgehead atoms. The Morgan fingerprint density at radius 2 is 1.67 bits per heavy atom. The Morgan fingerprint density at radius 1 is 1.08 bits per heavy atom. The summed E-state index contributed by atoms with van der Waals surface area (Å²) >= 11 is 1.74. The first kappa shape index (κ1) is 26.2. The van der Waals surface area contributed by atoms with Crippen LogP contribution in [0.2, 0.25) is 13.1 Å². The van der Waals surface area contributed by atoms with Gasteiger partial charge in [0.1, 0.15) is 0 Å². The van der Waals surface area contributed by atoms with Crippen LogP contribution in [0.4, 0.5) is 0 Å². The average Bonchev–Trinajstić information content (AvgIpc) is 3.10. The van der Waals surface area contributed by atoms with Gasteiger partial charge in [-0.2, -0.15) is 29.2 Å². The smallest absolute Gasteiger partial charge is 0.0809 e. The topological polar surface area (TPSA) is 0 Å². The number of benzene rings is 1. The first-order chi connectivity index (χ1) is 10.3. The predicted octanol–water partition coefficient (Wildman–Crippen LogP) is 0.0730. The molecule has 0 amide bonds. The molecule has 4 heteroatoms. The average molecular weight is 457 g/mol. The maximum Gasteiger partial charge on any atom is -0.0809 e. The van der Waals surface area contributed by atoms with Crippen molar-refractivity contribution in [2.75, 3.05) is 0 Å². The van der Waals surface area contributed by atoms with Crippen LogP contribution >= 0.6 is 0 Å². The summed E-state index contributed by atoms with van der Waals surface area (Å²) in [6.07, 6.45) is 8.50. The van der Waals surface area contributed by atoms with E-state index in [1.165, 1.54) is 16.3 Å². The maximum absolute atomic E-state index is 3.16. The SMILES string of the molecule is CC(C)(C)C1=CC[C-]=C1.C[Si](C)=[Zr+2].[Cl-].[Cl-].c1ccc2[cH-]ccc2c1. The van der Waals surface area contributed by atoms with Crippen molar-refractivity contribution >= 4 is 16.2 Å². The molecule has 0 aromatic heterocycles. The van der Waals surface area contributed by atoms with Crippen molar-refractivity contribution in [1.29, 1.82) is 0 Å². The van der Waals surface area contributed by atoms with Crippen molar-refractivity contribution in [3.8, 4) is 0 Å². The molecule has 0 N–H and O–H groups in total. The Labute approximate surface area is 175 Å². The van der Waals surface area contributed by atoms with Gasteiger partial charge < -0.3 is 24.8 Å². The fourth-order valence-corrected chi connectivity index (χ4v) is 1.99. The van der Waals surface area contributed by atoms with Crippen molar-refractivity contribution in [1.82, 2.24) is 0 Å². The zero-order valence-corrected chi connectivity index (χ0v) is 20.1. The zero-order chi connectivity index (χ0) is 16.6. The summed E-state index contributed by atoms with van der Waals surface area (Å²) < 4.78 is 0. The van der Waals surface area contributed by atoms with Gasteiger partial charge in [0.2, 0.25) is 0 Å². The van der Waals surface area contributed by atoms with E-state index < -0.39 is 0 Å². The van der Waals surface area contributed by atoms with Crippen LogP contribution in [0, 0.1) is 11.5 Å². The molecule has 0 fully saturated rings. The second kappa shape index (κ2) is 13.2. The first-order valence-electron chi connectivity index (χ1n) is 7.70. The minimum absolute atomic E-state index is 0. The number of hydrogen-bond acceptors (Lipinski definition) is 0. The van der Waals surface area contributed by atoms with Gasteiger partial charge in [-0.1, -0.05) is 32.3 Å². The predicted molar refractivity (Wildman–Crippen MR) is 97.0 cm³/mol. The van der Waals surface area contributed by atoms with E-state index in [2.05, 4.69) is 94.6 Å². The Kier molecular flexibility index (Phi) is 14.5. The van der Waals surface area contributed by atoms with E-state index in [-0.39, 0.29) is 30.2 Å². The van der Waals surface area contributed by atoms with E-state index in [0.29, 0.717) is 5.41 Å². The van der Waals surface area contributed by atoms with Crippen LogP contribution in [-0.2, 0) is 23.3 Å². The van der Waals surface area contributed by atoms with Gasteiger partial charge in [-0.3, -0.25) is 6.08 Å². The monoisotopic (exact) mass is 454 g/mol.